The zero-order valence-corrected chi connectivity index (χ0v) is 19.0. The van der Waals surface area contributed by atoms with E-state index >= 15 is 0 Å². The number of para-hydroxylation sites is 1. The highest BCUT2D eigenvalue weighted by molar-refractivity contribution is 6.02. The van der Waals surface area contributed by atoms with Crippen molar-refractivity contribution in [2.24, 2.45) is 5.92 Å². The topological polar surface area (TPSA) is 73.9 Å². The summed E-state index contributed by atoms with van der Waals surface area (Å²) in [6.07, 6.45) is 3.82. The van der Waals surface area contributed by atoms with Crippen molar-refractivity contribution < 1.29 is 23.8 Å². The third kappa shape index (κ3) is 5.01. The van der Waals surface area contributed by atoms with E-state index in [0.29, 0.717) is 25.0 Å². The number of hydrogen-bond donors (Lipinski definition) is 1. The molecule has 0 saturated heterocycles. The first-order valence-corrected chi connectivity index (χ1v) is 11.0. The van der Waals surface area contributed by atoms with Crippen LogP contribution in [0.5, 0.6) is 5.75 Å². The molecule has 2 aliphatic rings. The van der Waals surface area contributed by atoms with Crippen molar-refractivity contribution in [3.63, 3.8) is 0 Å². The molecule has 0 aromatic heterocycles. The van der Waals surface area contributed by atoms with Crippen molar-refractivity contribution in [2.45, 2.75) is 51.9 Å². The predicted molar refractivity (Wildman–Crippen MR) is 119 cm³/mol. The van der Waals surface area contributed by atoms with Gasteiger partial charge in [-0.15, -0.1) is 0 Å². The van der Waals surface area contributed by atoms with Gasteiger partial charge >= 0.3 is 5.97 Å². The molecule has 1 aromatic rings. The summed E-state index contributed by atoms with van der Waals surface area (Å²) >= 11 is 0. The molecule has 0 amide bonds. The van der Waals surface area contributed by atoms with Crippen molar-refractivity contribution >= 4 is 11.8 Å². The van der Waals surface area contributed by atoms with Crippen molar-refractivity contribution in [2.75, 3.05) is 27.4 Å². The first-order chi connectivity index (χ1) is 15.0. The highest BCUT2D eigenvalue weighted by atomic mass is 16.6. The molecule has 2 atom stereocenters. The van der Waals surface area contributed by atoms with E-state index in [1.807, 2.05) is 31.2 Å². The molecule has 2 unspecified atom stereocenters. The second-order valence-electron chi connectivity index (χ2n) is 8.15. The van der Waals surface area contributed by atoms with Crippen LogP contribution in [0.2, 0.25) is 0 Å². The quantitative estimate of drug-likeness (QED) is 0.469. The Morgan fingerprint density at radius 1 is 1.16 bits per heavy atom. The minimum atomic E-state index is -0.366. The fourth-order valence-electron chi connectivity index (χ4n) is 4.66. The van der Waals surface area contributed by atoms with E-state index in [4.69, 9.17) is 14.2 Å². The van der Waals surface area contributed by atoms with Gasteiger partial charge < -0.3 is 19.5 Å². The van der Waals surface area contributed by atoms with E-state index in [0.717, 1.165) is 47.5 Å². The number of benzene rings is 1. The first-order valence-electron chi connectivity index (χ1n) is 11.0. The minimum Gasteiger partial charge on any atom is -0.496 e. The molecule has 0 bridgehead atoms. The zero-order valence-electron chi connectivity index (χ0n) is 19.0. The minimum absolute atomic E-state index is 0.0460. The number of dihydropyridines is 1. The summed E-state index contributed by atoms with van der Waals surface area (Å²) in [6.45, 7) is 4.55. The largest absolute Gasteiger partial charge is 0.496 e. The van der Waals surface area contributed by atoms with Gasteiger partial charge in [0.2, 0.25) is 0 Å². The Morgan fingerprint density at radius 2 is 1.94 bits per heavy atom. The Morgan fingerprint density at radius 3 is 2.65 bits per heavy atom. The van der Waals surface area contributed by atoms with Gasteiger partial charge in [-0.3, -0.25) is 4.79 Å². The van der Waals surface area contributed by atoms with Crippen LogP contribution in [-0.2, 0) is 19.1 Å². The number of unbranched alkanes of at least 4 members (excludes halogenated alkanes) is 1. The van der Waals surface area contributed by atoms with Crippen LogP contribution in [0.1, 0.15) is 57.4 Å². The molecule has 6 nitrogen and oxygen atoms in total. The summed E-state index contributed by atoms with van der Waals surface area (Å²) < 4.78 is 15.9. The second-order valence-corrected chi connectivity index (χ2v) is 8.15. The maximum atomic E-state index is 13.4. The highest BCUT2D eigenvalue weighted by Gasteiger charge is 2.40. The Hall–Kier alpha value is -2.60. The molecule has 1 aliphatic heterocycles. The number of Topliss-reactive ketones (excluding diaryl/α,β-unsaturated/α-hetero) is 1. The number of nitrogens with one attached hydrogen (secondary N) is 1. The molecule has 6 heteroatoms. The van der Waals surface area contributed by atoms with Crippen molar-refractivity contribution in [1.29, 1.82) is 0 Å². The molecular weight excluding hydrogens is 394 g/mol. The van der Waals surface area contributed by atoms with Crippen molar-refractivity contribution in [1.82, 2.24) is 5.32 Å². The number of carbonyl (C=O) groups excluding carboxylic acids is 2. The number of ether oxygens (including phenoxy) is 3. The van der Waals surface area contributed by atoms with Crippen LogP contribution in [0.3, 0.4) is 0 Å². The highest BCUT2D eigenvalue weighted by Crippen LogP contribution is 2.44. The number of methoxy groups -OCH3 is 2. The number of allylic oxidation sites excluding steroid dienone is 3. The van der Waals surface area contributed by atoms with Gasteiger partial charge in [-0.1, -0.05) is 38.0 Å². The average molecular weight is 428 g/mol. The summed E-state index contributed by atoms with van der Waals surface area (Å²) in [7, 11) is 3.22. The van der Waals surface area contributed by atoms with E-state index in [9.17, 15) is 9.59 Å². The fraction of sp³-hybridized carbons (Fsp3) is 0.520. The van der Waals surface area contributed by atoms with Gasteiger partial charge in [0.05, 0.1) is 19.3 Å². The maximum Gasteiger partial charge on any atom is 0.336 e. The molecule has 0 fully saturated rings. The molecule has 1 aliphatic carbocycles. The lowest BCUT2D eigenvalue weighted by Gasteiger charge is -2.36. The van der Waals surface area contributed by atoms with Gasteiger partial charge in [-0.05, 0) is 31.4 Å². The molecule has 0 saturated carbocycles. The van der Waals surface area contributed by atoms with Gasteiger partial charge in [0.1, 0.15) is 12.4 Å². The lowest BCUT2D eigenvalue weighted by Crippen LogP contribution is -2.37. The van der Waals surface area contributed by atoms with E-state index < -0.39 is 0 Å². The molecule has 1 aromatic carbocycles. The van der Waals surface area contributed by atoms with Gasteiger partial charge in [0, 0.05) is 42.3 Å². The standard InChI is InChI=1S/C25H33NO5/c1-5-6-9-19-23(25(28)31-13-12-29-3)16(2)26-20-14-17(15-21(27)24(19)20)18-10-7-8-11-22(18)30-4/h7-8,10-11,17,19,26H,5-6,9,12-15H2,1-4H3. The molecule has 1 heterocycles. The van der Waals surface area contributed by atoms with Crippen molar-refractivity contribution in [3.05, 3.63) is 52.4 Å². The van der Waals surface area contributed by atoms with E-state index in [1.165, 1.54) is 0 Å². The van der Waals surface area contributed by atoms with Gasteiger partial charge in [0.15, 0.2) is 5.78 Å². The first kappa shape index (κ1) is 23.1. The fourth-order valence-corrected chi connectivity index (χ4v) is 4.66. The number of carbonyl (C=O) groups is 2. The van der Waals surface area contributed by atoms with Crippen LogP contribution in [0, 0.1) is 5.92 Å². The second kappa shape index (κ2) is 10.6. The lowest BCUT2D eigenvalue weighted by atomic mass is 9.72. The van der Waals surface area contributed by atoms with Gasteiger partial charge in [0.25, 0.3) is 0 Å². The maximum absolute atomic E-state index is 13.4. The third-order valence-electron chi connectivity index (χ3n) is 6.11. The number of rotatable bonds is 9. The van der Waals surface area contributed by atoms with Gasteiger partial charge in [-0.25, -0.2) is 4.79 Å². The van der Waals surface area contributed by atoms with Crippen LogP contribution in [-0.4, -0.2) is 39.2 Å². The van der Waals surface area contributed by atoms with E-state index in [2.05, 4.69) is 12.2 Å². The Balaban J connectivity index is 1.92. The molecule has 0 spiro atoms. The Bertz CT molecular complexity index is 886. The number of ketones is 1. The molecule has 168 valence electrons. The van der Waals surface area contributed by atoms with Gasteiger partial charge in [-0.2, -0.15) is 0 Å². The molecule has 31 heavy (non-hydrogen) atoms. The zero-order chi connectivity index (χ0) is 22.4. The monoisotopic (exact) mass is 427 g/mol. The van der Waals surface area contributed by atoms with Crippen LogP contribution in [0.25, 0.3) is 0 Å². The smallest absolute Gasteiger partial charge is 0.336 e. The Labute approximate surface area is 184 Å². The van der Waals surface area contributed by atoms with Crippen LogP contribution >= 0.6 is 0 Å². The molecule has 3 rings (SSSR count). The van der Waals surface area contributed by atoms with E-state index in [-0.39, 0.29) is 30.2 Å². The lowest BCUT2D eigenvalue weighted by molar-refractivity contribution is -0.141. The Kier molecular flexibility index (Phi) is 7.91. The summed E-state index contributed by atoms with van der Waals surface area (Å²) in [5.41, 5.74) is 4.08. The molecule has 1 N–H and O–H groups in total. The molecular formula is C25H33NO5. The predicted octanol–water partition coefficient (Wildman–Crippen LogP) is 4.27. The summed E-state index contributed by atoms with van der Waals surface area (Å²) in [6, 6.07) is 7.87. The third-order valence-corrected chi connectivity index (χ3v) is 6.11. The average Bonchev–Trinajstić information content (AvgIpc) is 2.76. The summed E-state index contributed by atoms with van der Waals surface area (Å²) in [5.74, 6) is 0.356. The normalized spacial score (nSPS) is 21.0. The van der Waals surface area contributed by atoms with Crippen LogP contribution in [0.4, 0.5) is 0 Å². The number of esters is 1. The SMILES string of the molecule is CCCCC1C(C(=O)OCCOC)=C(C)NC2=C1C(=O)CC(c1ccccc1OC)C2. The summed E-state index contributed by atoms with van der Waals surface area (Å²) in [5, 5.41) is 3.38. The van der Waals surface area contributed by atoms with Crippen LogP contribution < -0.4 is 10.1 Å². The summed E-state index contributed by atoms with van der Waals surface area (Å²) in [4.78, 5) is 26.3. The van der Waals surface area contributed by atoms with E-state index in [1.54, 1.807) is 14.2 Å². The number of hydrogen-bond acceptors (Lipinski definition) is 6. The molecule has 0 radical (unpaired) electrons. The van der Waals surface area contributed by atoms with Crippen LogP contribution in [0.15, 0.2) is 46.8 Å². The van der Waals surface area contributed by atoms with Crippen molar-refractivity contribution in [3.8, 4) is 5.75 Å².